The Morgan fingerprint density at radius 2 is 1.86 bits per heavy atom. The summed E-state index contributed by atoms with van der Waals surface area (Å²) in [5.74, 6) is 1.45. The highest BCUT2D eigenvalue weighted by Gasteiger charge is 2.27. The third kappa shape index (κ3) is 4.02. The molecule has 2 heterocycles. The number of nitrogens with zero attached hydrogens (tertiary/aromatic N) is 5. The number of carbonyl (C=O) groups is 1. The minimum absolute atomic E-state index is 0.214. The Labute approximate surface area is 172 Å². The van der Waals surface area contributed by atoms with Crippen LogP contribution in [-0.2, 0) is 11.2 Å². The number of rotatable bonds is 5. The molecule has 6 nitrogen and oxygen atoms in total. The number of benzene rings is 1. The maximum absolute atomic E-state index is 12.9. The molecule has 6 heteroatoms. The molecule has 0 N–H and O–H groups in total. The van der Waals surface area contributed by atoms with Crippen LogP contribution in [0.3, 0.4) is 0 Å². The first kappa shape index (κ1) is 19.6. The Morgan fingerprint density at radius 3 is 2.59 bits per heavy atom. The highest BCUT2D eigenvalue weighted by molar-refractivity contribution is 5.76. The van der Waals surface area contributed by atoms with E-state index in [4.69, 9.17) is 0 Å². The van der Waals surface area contributed by atoms with E-state index in [9.17, 15) is 4.79 Å². The van der Waals surface area contributed by atoms with E-state index in [1.54, 1.807) is 4.52 Å². The number of fused-ring (bicyclic) bond motifs is 1. The Morgan fingerprint density at radius 1 is 1.14 bits per heavy atom. The third-order valence-corrected chi connectivity index (χ3v) is 6.49. The molecular weight excluding hydrogens is 362 g/mol. The number of amides is 1. The summed E-state index contributed by atoms with van der Waals surface area (Å²) in [5, 5.41) is 4.24. The molecule has 0 atom stereocenters. The number of aryl methyl sites for hydroxylation is 2. The predicted molar refractivity (Wildman–Crippen MR) is 113 cm³/mol. The Kier molecular flexibility index (Phi) is 5.60. The monoisotopic (exact) mass is 391 g/mol. The van der Waals surface area contributed by atoms with Crippen LogP contribution in [0.15, 0.2) is 36.7 Å². The SMILES string of the molecule is Cc1nc2ncnn2c(C)c1CCC(=O)N(C)C1CCC(c2ccccc2)CC1. The number of hydrogen-bond donors (Lipinski definition) is 0. The highest BCUT2D eigenvalue weighted by atomic mass is 16.2. The first-order valence-electron chi connectivity index (χ1n) is 10.5. The molecule has 0 aliphatic heterocycles. The number of hydrogen-bond acceptors (Lipinski definition) is 4. The molecule has 0 spiro atoms. The van der Waals surface area contributed by atoms with Gasteiger partial charge in [-0.25, -0.2) is 9.50 Å². The van der Waals surface area contributed by atoms with E-state index < -0.39 is 0 Å². The number of carbonyl (C=O) groups excluding carboxylic acids is 1. The van der Waals surface area contributed by atoms with Crippen molar-refractivity contribution in [1.29, 1.82) is 0 Å². The molecule has 1 aliphatic carbocycles. The fourth-order valence-corrected chi connectivity index (χ4v) is 4.65. The minimum Gasteiger partial charge on any atom is -0.343 e. The van der Waals surface area contributed by atoms with E-state index in [1.807, 2.05) is 25.8 Å². The quantitative estimate of drug-likeness (QED) is 0.663. The lowest BCUT2D eigenvalue weighted by atomic mass is 9.81. The van der Waals surface area contributed by atoms with Gasteiger partial charge in [-0.15, -0.1) is 0 Å². The molecule has 0 bridgehead atoms. The van der Waals surface area contributed by atoms with E-state index in [-0.39, 0.29) is 5.91 Å². The van der Waals surface area contributed by atoms with Gasteiger partial charge in [-0.1, -0.05) is 30.3 Å². The van der Waals surface area contributed by atoms with Gasteiger partial charge < -0.3 is 4.90 Å². The van der Waals surface area contributed by atoms with Gasteiger partial charge in [-0.05, 0) is 63.0 Å². The van der Waals surface area contributed by atoms with Crippen molar-refractivity contribution in [3.8, 4) is 0 Å². The Bertz CT molecular complexity index is 989. The van der Waals surface area contributed by atoms with Gasteiger partial charge in [0.25, 0.3) is 5.78 Å². The van der Waals surface area contributed by atoms with Gasteiger partial charge in [0.15, 0.2) is 0 Å². The summed E-state index contributed by atoms with van der Waals surface area (Å²) >= 11 is 0. The summed E-state index contributed by atoms with van der Waals surface area (Å²) in [5.41, 5.74) is 4.48. The normalized spacial score (nSPS) is 19.4. The largest absolute Gasteiger partial charge is 0.343 e. The molecule has 0 saturated heterocycles. The van der Waals surface area contributed by atoms with Crippen molar-refractivity contribution in [2.75, 3.05) is 7.05 Å². The molecule has 0 radical (unpaired) electrons. The van der Waals surface area contributed by atoms with Crippen LogP contribution < -0.4 is 0 Å². The summed E-state index contributed by atoms with van der Waals surface area (Å²) < 4.78 is 1.75. The van der Waals surface area contributed by atoms with E-state index >= 15 is 0 Å². The smallest absolute Gasteiger partial charge is 0.252 e. The summed E-state index contributed by atoms with van der Waals surface area (Å²) in [6.45, 7) is 4.00. The van der Waals surface area contributed by atoms with Crippen LogP contribution in [0, 0.1) is 13.8 Å². The van der Waals surface area contributed by atoms with Gasteiger partial charge in [-0.3, -0.25) is 4.79 Å². The maximum atomic E-state index is 12.9. The second-order valence-corrected chi connectivity index (χ2v) is 8.15. The van der Waals surface area contributed by atoms with Crippen LogP contribution in [-0.4, -0.2) is 43.5 Å². The first-order valence-corrected chi connectivity index (χ1v) is 10.5. The van der Waals surface area contributed by atoms with Crippen molar-refractivity contribution in [2.24, 2.45) is 0 Å². The zero-order valence-electron chi connectivity index (χ0n) is 17.5. The van der Waals surface area contributed by atoms with E-state index in [0.29, 0.717) is 30.6 Å². The summed E-state index contributed by atoms with van der Waals surface area (Å²) in [6, 6.07) is 11.1. The fraction of sp³-hybridized carbons (Fsp3) is 0.478. The van der Waals surface area contributed by atoms with E-state index in [0.717, 1.165) is 42.6 Å². The van der Waals surface area contributed by atoms with Crippen molar-refractivity contribution in [1.82, 2.24) is 24.5 Å². The van der Waals surface area contributed by atoms with Crippen LogP contribution in [0.25, 0.3) is 5.78 Å². The van der Waals surface area contributed by atoms with Crippen molar-refractivity contribution in [3.63, 3.8) is 0 Å². The van der Waals surface area contributed by atoms with Crippen LogP contribution in [0.1, 0.15) is 60.5 Å². The van der Waals surface area contributed by atoms with E-state index in [1.165, 1.54) is 11.9 Å². The van der Waals surface area contributed by atoms with Gasteiger partial charge in [0.1, 0.15) is 6.33 Å². The van der Waals surface area contributed by atoms with Crippen LogP contribution >= 0.6 is 0 Å². The summed E-state index contributed by atoms with van der Waals surface area (Å²) in [4.78, 5) is 23.5. The Balaban J connectivity index is 1.35. The maximum Gasteiger partial charge on any atom is 0.252 e. The van der Waals surface area contributed by atoms with Crippen molar-refractivity contribution in [2.45, 2.75) is 64.3 Å². The molecule has 1 aliphatic rings. The minimum atomic E-state index is 0.214. The van der Waals surface area contributed by atoms with Gasteiger partial charge in [0.05, 0.1) is 0 Å². The highest BCUT2D eigenvalue weighted by Crippen LogP contribution is 2.34. The van der Waals surface area contributed by atoms with E-state index in [2.05, 4.69) is 45.4 Å². The lowest BCUT2D eigenvalue weighted by Gasteiger charge is -2.35. The molecule has 29 heavy (non-hydrogen) atoms. The fourth-order valence-electron chi connectivity index (χ4n) is 4.65. The zero-order chi connectivity index (χ0) is 20.4. The van der Waals surface area contributed by atoms with Crippen molar-refractivity contribution >= 4 is 11.7 Å². The molecule has 1 aromatic carbocycles. The predicted octanol–water partition coefficient (Wildman–Crippen LogP) is 3.86. The Hall–Kier alpha value is -2.76. The third-order valence-electron chi connectivity index (χ3n) is 6.49. The standard InChI is InChI=1S/C23H29N5O/c1-16-21(17(2)28-23(26-16)24-15-25-28)13-14-22(29)27(3)20-11-9-19(10-12-20)18-7-5-4-6-8-18/h4-8,15,19-20H,9-14H2,1-3H3. The second kappa shape index (κ2) is 8.31. The average Bonchev–Trinajstić information content (AvgIpc) is 3.22. The molecule has 2 aromatic heterocycles. The molecule has 4 rings (SSSR count). The molecule has 1 saturated carbocycles. The van der Waals surface area contributed by atoms with Crippen molar-refractivity contribution in [3.05, 3.63) is 59.2 Å². The van der Waals surface area contributed by atoms with Crippen LogP contribution in [0.2, 0.25) is 0 Å². The molecule has 0 unspecified atom stereocenters. The molecular formula is C23H29N5O. The number of aromatic nitrogens is 4. The van der Waals surface area contributed by atoms with Gasteiger partial charge in [0, 0.05) is 30.9 Å². The molecule has 1 fully saturated rings. The molecule has 3 aromatic rings. The van der Waals surface area contributed by atoms with Gasteiger partial charge in [0.2, 0.25) is 5.91 Å². The summed E-state index contributed by atoms with van der Waals surface area (Å²) in [7, 11) is 1.97. The first-order chi connectivity index (χ1) is 14.0. The lowest BCUT2D eigenvalue weighted by molar-refractivity contribution is -0.132. The molecule has 152 valence electrons. The second-order valence-electron chi connectivity index (χ2n) is 8.15. The van der Waals surface area contributed by atoms with Gasteiger partial charge >= 0.3 is 0 Å². The lowest BCUT2D eigenvalue weighted by Crippen LogP contribution is -2.39. The van der Waals surface area contributed by atoms with Crippen LogP contribution in [0.5, 0.6) is 0 Å². The summed E-state index contributed by atoms with van der Waals surface area (Å²) in [6.07, 6.45) is 7.15. The molecule has 1 amide bonds. The van der Waals surface area contributed by atoms with Gasteiger partial charge in [-0.2, -0.15) is 10.1 Å². The zero-order valence-corrected chi connectivity index (χ0v) is 17.5. The average molecular weight is 392 g/mol. The topological polar surface area (TPSA) is 63.4 Å². The van der Waals surface area contributed by atoms with Crippen LogP contribution in [0.4, 0.5) is 0 Å². The van der Waals surface area contributed by atoms with Crippen molar-refractivity contribution < 1.29 is 4.79 Å².